The average molecular weight is 335 g/mol. The highest BCUT2D eigenvalue weighted by molar-refractivity contribution is 5.97. The molecule has 3 nitrogen and oxygen atoms in total. The first-order valence-electron chi connectivity index (χ1n) is 8.01. The van der Waals surface area contributed by atoms with Crippen LogP contribution in [0.1, 0.15) is 6.92 Å². The van der Waals surface area contributed by atoms with Crippen LogP contribution in [0.15, 0.2) is 78.9 Å². The third-order valence-corrected chi connectivity index (χ3v) is 3.77. The van der Waals surface area contributed by atoms with Gasteiger partial charge in [0.2, 0.25) is 0 Å². The summed E-state index contributed by atoms with van der Waals surface area (Å²) in [5.41, 5.74) is 2.67. The van der Waals surface area contributed by atoms with Crippen LogP contribution in [0.25, 0.3) is 11.1 Å². The molecule has 126 valence electrons. The minimum Gasteiger partial charge on any atom is -0.481 e. The SMILES string of the molecule is CC(Oc1ccc(F)cc1)C(=O)Nc1ccccc1-c1ccccc1. The van der Waals surface area contributed by atoms with E-state index in [-0.39, 0.29) is 11.7 Å². The first kappa shape index (κ1) is 16.7. The number of anilines is 1. The summed E-state index contributed by atoms with van der Waals surface area (Å²) in [5.74, 6) is -0.172. The summed E-state index contributed by atoms with van der Waals surface area (Å²) in [6.07, 6.45) is -0.714. The molecule has 4 heteroatoms. The number of benzene rings is 3. The highest BCUT2D eigenvalue weighted by Crippen LogP contribution is 2.27. The topological polar surface area (TPSA) is 38.3 Å². The maximum Gasteiger partial charge on any atom is 0.265 e. The molecular weight excluding hydrogens is 317 g/mol. The zero-order chi connectivity index (χ0) is 17.6. The van der Waals surface area contributed by atoms with Crippen LogP contribution in [-0.2, 0) is 4.79 Å². The molecule has 0 saturated carbocycles. The lowest BCUT2D eigenvalue weighted by molar-refractivity contribution is -0.122. The Morgan fingerprint density at radius 3 is 2.28 bits per heavy atom. The van der Waals surface area contributed by atoms with E-state index in [1.807, 2.05) is 54.6 Å². The van der Waals surface area contributed by atoms with Gasteiger partial charge in [0.25, 0.3) is 5.91 Å². The van der Waals surface area contributed by atoms with Gasteiger partial charge < -0.3 is 10.1 Å². The fourth-order valence-corrected chi connectivity index (χ4v) is 2.47. The molecule has 3 aromatic carbocycles. The molecule has 3 rings (SSSR count). The number of carbonyl (C=O) groups excluding carboxylic acids is 1. The van der Waals surface area contributed by atoms with Gasteiger partial charge in [-0.05, 0) is 42.8 Å². The van der Waals surface area contributed by atoms with Crippen LogP contribution in [0.5, 0.6) is 5.75 Å². The van der Waals surface area contributed by atoms with Gasteiger partial charge in [-0.15, -0.1) is 0 Å². The van der Waals surface area contributed by atoms with Gasteiger partial charge in [0.1, 0.15) is 11.6 Å². The lowest BCUT2D eigenvalue weighted by Gasteiger charge is -2.16. The zero-order valence-corrected chi connectivity index (χ0v) is 13.8. The van der Waals surface area contributed by atoms with Gasteiger partial charge in [-0.3, -0.25) is 4.79 Å². The van der Waals surface area contributed by atoms with Gasteiger partial charge in [0.15, 0.2) is 6.10 Å². The van der Waals surface area contributed by atoms with E-state index in [1.54, 1.807) is 6.92 Å². The standard InChI is InChI=1S/C21H18FNO2/c1-15(25-18-13-11-17(22)12-14-18)21(24)23-20-10-6-5-9-19(20)16-7-3-2-4-8-16/h2-15H,1H3,(H,23,24). The van der Waals surface area contributed by atoms with Crippen molar-refractivity contribution in [2.24, 2.45) is 0 Å². The first-order valence-corrected chi connectivity index (χ1v) is 8.01. The second-order valence-electron chi connectivity index (χ2n) is 5.61. The lowest BCUT2D eigenvalue weighted by atomic mass is 10.0. The minimum atomic E-state index is -0.714. The molecule has 0 aliphatic heterocycles. The number of ether oxygens (including phenoxy) is 1. The predicted octanol–water partition coefficient (Wildman–Crippen LogP) is 4.90. The average Bonchev–Trinajstić information content (AvgIpc) is 2.64. The van der Waals surface area contributed by atoms with Crippen LogP contribution in [0, 0.1) is 5.82 Å². The van der Waals surface area contributed by atoms with E-state index in [1.165, 1.54) is 24.3 Å². The summed E-state index contributed by atoms with van der Waals surface area (Å²) < 4.78 is 18.5. The van der Waals surface area contributed by atoms with E-state index in [2.05, 4.69) is 5.32 Å². The number of halogens is 1. The largest absolute Gasteiger partial charge is 0.481 e. The molecule has 0 bridgehead atoms. The number of para-hydroxylation sites is 1. The monoisotopic (exact) mass is 335 g/mol. The minimum absolute atomic E-state index is 0.271. The van der Waals surface area contributed by atoms with Crippen LogP contribution >= 0.6 is 0 Å². The summed E-state index contributed by atoms with van der Waals surface area (Å²) in [7, 11) is 0. The molecule has 3 aromatic rings. The van der Waals surface area contributed by atoms with Crippen molar-refractivity contribution in [2.45, 2.75) is 13.0 Å². The van der Waals surface area contributed by atoms with Crippen molar-refractivity contribution in [3.63, 3.8) is 0 Å². The molecule has 0 spiro atoms. The van der Waals surface area contributed by atoms with Crippen molar-refractivity contribution in [1.82, 2.24) is 0 Å². The summed E-state index contributed by atoms with van der Waals surface area (Å²) in [4.78, 5) is 12.5. The Morgan fingerprint density at radius 1 is 0.920 bits per heavy atom. The summed E-state index contributed by atoms with van der Waals surface area (Å²) in [6, 6.07) is 23.0. The summed E-state index contributed by atoms with van der Waals surface area (Å²) in [5, 5.41) is 2.90. The first-order chi connectivity index (χ1) is 12.1. The van der Waals surface area contributed by atoms with Crippen molar-refractivity contribution in [1.29, 1.82) is 0 Å². The molecule has 1 atom stereocenters. The number of amides is 1. The van der Waals surface area contributed by atoms with Gasteiger partial charge in [0, 0.05) is 11.3 Å². The van der Waals surface area contributed by atoms with Crippen LogP contribution < -0.4 is 10.1 Å². The van der Waals surface area contributed by atoms with E-state index < -0.39 is 6.10 Å². The number of carbonyl (C=O) groups is 1. The Balaban J connectivity index is 1.74. The third-order valence-electron chi connectivity index (χ3n) is 3.77. The molecule has 0 heterocycles. The van der Waals surface area contributed by atoms with Crippen molar-refractivity contribution >= 4 is 11.6 Å². The number of nitrogens with one attached hydrogen (secondary N) is 1. The Kier molecular flexibility index (Phi) is 5.09. The van der Waals surface area contributed by atoms with Crippen LogP contribution in [-0.4, -0.2) is 12.0 Å². The molecule has 25 heavy (non-hydrogen) atoms. The molecule has 0 aromatic heterocycles. The smallest absolute Gasteiger partial charge is 0.265 e. The Morgan fingerprint density at radius 2 is 1.56 bits per heavy atom. The van der Waals surface area contributed by atoms with Crippen LogP contribution in [0.4, 0.5) is 10.1 Å². The number of hydrogen-bond acceptors (Lipinski definition) is 2. The van der Waals surface area contributed by atoms with Gasteiger partial charge >= 0.3 is 0 Å². The molecule has 0 aliphatic rings. The predicted molar refractivity (Wildman–Crippen MR) is 97.0 cm³/mol. The summed E-state index contributed by atoms with van der Waals surface area (Å²) >= 11 is 0. The highest BCUT2D eigenvalue weighted by Gasteiger charge is 2.16. The zero-order valence-electron chi connectivity index (χ0n) is 13.8. The lowest BCUT2D eigenvalue weighted by Crippen LogP contribution is -2.30. The maximum absolute atomic E-state index is 12.9. The molecule has 0 fully saturated rings. The molecule has 1 N–H and O–H groups in total. The van der Waals surface area contributed by atoms with E-state index in [0.717, 1.165) is 11.1 Å². The van der Waals surface area contributed by atoms with Gasteiger partial charge in [-0.2, -0.15) is 0 Å². The molecular formula is C21H18FNO2. The Labute approximate surface area is 146 Å². The van der Waals surface area contributed by atoms with E-state index in [4.69, 9.17) is 4.74 Å². The van der Waals surface area contributed by atoms with E-state index in [9.17, 15) is 9.18 Å². The van der Waals surface area contributed by atoms with Crippen molar-refractivity contribution in [3.8, 4) is 16.9 Å². The van der Waals surface area contributed by atoms with E-state index >= 15 is 0 Å². The quantitative estimate of drug-likeness (QED) is 0.720. The fourth-order valence-electron chi connectivity index (χ4n) is 2.47. The second kappa shape index (κ2) is 7.62. The fraction of sp³-hybridized carbons (Fsp3) is 0.0952. The van der Waals surface area contributed by atoms with Crippen LogP contribution in [0.3, 0.4) is 0 Å². The van der Waals surface area contributed by atoms with E-state index in [0.29, 0.717) is 11.4 Å². The Hall–Kier alpha value is -3.14. The molecule has 0 saturated heterocycles. The number of rotatable bonds is 5. The van der Waals surface area contributed by atoms with Crippen molar-refractivity contribution in [2.75, 3.05) is 5.32 Å². The van der Waals surface area contributed by atoms with Crippen molar-refractivity contribution in [3.05, 3.63) is 84.7 Å². The Bertz CT molecular complexity index is 847. The van der Waals surface area contributed by atoms with Gasteiger partial charge in [0.05, 0.1) is 0 Å². The second-order valence-corrected chi connectivity index (χ2v) is 5.61. The molecule has 1 unspecified atom stereocenters. The molecule has 1 amide bonds. The van der Waals surface area contributed by atoms with Gasteiger partial charge in [-0.25, -0.2) is 4.39 Å². The maximum atomic E-state index is 12.9. The number of hydrogen-bond donors (Lipinski definition) is 1. The normalized spacial score (nSPS) is 11.6. The third kappa shape index (κ3) is 4.23. The van der Waals surface area contributed by atoms with Gasteiger partial charge in [-0.1, -0.05) is 48.5 Å². The molecule has 0 radical (unpaired) electrons. The van der Waals surface area contributed by atoms with Crippen LogP contribution in [0.2, 0.25) is 0 Å². The molecule has 0 aliphatic carbocycles. The summed E-state index contributed by atoms with van der Waals surface area (Å²) in [6.45, 7) is 1.66. The van der Waals surface area contributed by atoms with Crippen molar-refractivity contribution < 1.29 is 13.9 Å². The highest BCUT2D eigenvalue weighted by atomic mass is 19.1.